The summed E-state index contributed by atoms with van der Waals surface area (Å²) in [4.78, 5) is 6.75. The Bertz CT molecular complexity index is 1460. The normalized spacial score (nSPS) is 19.1. The summed E-state index contributed by atoms with van der Waals surface area (Å²) in [7, 11) is 0. The van der Waals surface area contributed by atoms with Gasteiger partial charge >= 0.3 is 0 Å². The molecule has 6 heteroatoms. The second-order valence-corrected chi connectivity index (χ2v) is 10.7. The number of allylic oxidation sites excluding steroid dienone is 2. The number of benzene rings is 2. The maximum Gasteiger partial charge on any atom is 0.147 e. The highest BCUT2D eigenvalue weighted by Gasteiger charge is 2.44. The summed E-state index contributed by atoms with van der Waals surface area (Å²) in [6.07, 6.45) is 11.5. The van der Waals surface area contributed by atoms with E-state index in [1.807, 2.05) is 18.5 Å². The fourth-order valence-corrected chi connectivity index (χ4v) is 6.07. The van der Waals surface area contributed by atoms with E-state index in [-0.39, 0.29) is 11.2 Å². The molecule has 2 aromatic heterocycles. The van der Waals surface area contributed by atoms with Gasteiger partial charge in [-0.3, -0.25) is 4.98 Å². The first kappa shape index (κ1) is 21.1. The predicted molar refractivity (Wildman–Crippen MR) is 137 cm³/mol. The third kappa shape index (κ3) is 3.56. The van der Waals surface area contributed by atoms with Gasteiger partial charge in [0.1, 0.15) is 17.3 Å². The standard InChI is InChI=1S/C29H25ClFN3O/c30-23-2-1-3-24(31)26(23)27-25(28(35-33-27)19-4-5-19)21-15-29(16-21)9-12-34(13-10-29)22-7-6-18-8-11-32-17-20(18)14-22/h1-3,6-8,11,14-15,17,19H,4-5,9-10,12-13,16H2. The molecule has 35 heavy (non-hydrogen) atoms. The molecule has 4 aromatic rings. The fraction of sp³-hybridized carbons (Fsp3) is 0.310. The Morgan fingerprint density at radius 1 is 1.03 bits per heavy atom. The minimum atomic E-state index is -0.358. The lowest BCUT2D eigenvalue weighted by Gasteiger charge is -2.47. The Labute approximate surface area is 208 Å². The van der Waals surface area contributed by atoms with Crippen LogP contribution in [0, 0.1) is 11.2 Å². The summed E-state index contributed by atoms with van der Waals surface area (Å²) in [6, 6.07) is 13.5. The van der Waals surface area contributed by atoms with Crippen LogP contribution in [0.4, 0.5) is 10.1 Å². The summed E-state index contributed by atoms with van der Waals surface area (Å²) in [5, 5.41) is 7.09. The number of hydrogen-bond donors (Lipinski definition) is 0. The third-order valence-electron chi connectivity index (χ3n) is 7.96. The summed E-state index contributed by atoms with van der Waals surface area (Å²) < 4.78 is 20.6. The smallest absolute Gasteiger partial charge is 0.147 e. The minimum Gasteiger partial charge on any atom is -0.371 e. The Hall–Kier alpha value is -3.18. The molecule has 1 aliphatic heterocycles. The quantitative estimate of drug-likeness (QED) is 0.298. The number of fused-ring (bicyclic) bond motifs is 1. The van der Waals surface area contributed by atoms with Crippen LogP contribution in [0.15, 0.2) is 65.5 Å². The SMILES string of the molecule is Fc1cccc(Cl)c1-c1noc(C2CC2)c1C1=CC2(CCN(c3ccc4ccncc4c3)CC2)C1. The van der Waals surface area contributed by atoms with Gasteiger partial charge in [-0.1, -0.05) is 35.0 Å². The first-order chi connectivity index (χ1) is 17.1. The second kappa shape index (κ2) is 7.92. The molecule has 2 aromatic carbocycles. The van der Waals surface area contributed by atoms with Crippen LogP contribution in [-0.4, -0.2) is 23.2 Å². The van der Waals surface area contributed by atoms with Gasteiger partial charge in [-0.25, -0.2) is 4.39 Å². The van der Waals surface area contributed by atoms with Crippen molar-refractivity contribution < 1.29 is 8.91 Å². The van der Waals surface area contributed by atoms with Crippen molar-refractivity contribution in [3.8, 4) is 11.3 Å². The molecule has 7 rings (SSSR count). The van der Waals surface area contributed by atoms with Crippen molar-refractivity contribution in [2.45, 2.75) is 38.0 Å². The molecule has 0 unspecified atom stereocenters. The topological polar surface area (TPSA) is 42.2 Å². The zero-order valence-electron chi connectivity index (χ0n) is 19.3. The molecule has 1 saturated heterocycles. The Balaban J connectivity index is 1.16. The van der Waals surface area contributed by atoms with Crippen LogP contribution >= 0.6 is 11.6 Å². The van der Waals surface area contributed by atoms with Gasteiger partial charge in [0, 0.05) is 48.0 Å². The van der Waals surface area contributed by atoms with Gasteiger partial charge in [-0.15, -0.1) is 0 Å². The van der Waals surface area contributed by atoms with E-state index >= 15 is 0 Å². The van der Waals surface area contributed by atoms with Crippen molar-refractivity contribution in [2.24, 2.45) is 5.41 Å². The van der Waals surface area contributed by atoms with Crippen molar-refractivity contribution in [1.82, 2.24) is 10.1 Å². The molecule has 0 radical (unpaired) electrons. The lowest BCUT2D eigenvalue weighted by molar-refractivity contribution is 0.277. The van der Waals surface area contributed by atoms with Crippen LogP contribution in [0.3, 0.4) is 0 Å². The average molecular weight is 486 g/mol. The van der Waals surface area contributed by atoms with E-state index in [1.54, 1.807) is 12.1 Å². The molecule has 0 bridgehead atoms. The van der Waals surface area contributed by atoms with Crippen LogP contribution in [0.25, 0.3) is 27.6 Å². The van der Waals surface area contributed by atoms with E-state index in [9.17, 15) is 4.39 Å². The molecular formula is C29H25ClFN3O. The highest BCUT2D eigenvalue weighted by molar-refractivity contribution is 6.33. The van der Waals surface area contributed by atoms with Gasteiger partial charge in [0.05, 0.1) is 10.6 Å². The van der Waals surface area contributed by atoms with E-state index in [0.29, 0.717) is 22.2 Å². The summed E-state index contributed by atoms with van der Waals surface area (Å²) >= 11 is 6.41. The van der Waals surface area contributed by atoms with E-state index in [2.05, 4.69) is 39.3 Å². The Kier molecular flexibility index (Phi) is 4.78. The maximum absolute atomic E-state index is 14.8. The van der Waals surface area contributed by atoms with Gasteiger partial charge in [0.2, 0.25) is 0 Å². The molecule has 3 heterocycles. The van der Waals surface area contributed by atoms with Gasteiger partial charge in [-0.2, -0.15) is 0 Å². The average Bonchev–Trinajstić information content (AvgIpc) is 3.62. The van der Waals surface area contributed by atoms with Crippen molar-refractivity contribution in [3.05, 3.63) is 83.1 Å². The Morgan fingerprint density at radius 2 is 1.86 bits per heavy atom. The molecule has 1 saturated carbocycles. The zero-order chi connectivity index (χ0) is 23.6. The van der Waals surface area contributed by atoms with Crippen molar-refractivity contribution in [2.75, 3.05) is 18.0 Å². The molecule has 0 N–H and O–H groups in total. The van der Waals surface area contributed by atoms with Crippen LogP contribution in [0.2, 0.25) is 5.02 Å². The number of nitrogens with zero attached hydrogens (tertiary/aromatic N) is 3. The highest BCUT2D eigenvalue weighted by Crippen LogP contribution is 2.56. The van der Waals surface area contributed by atoms with E-state index in [0.717, 1.165) is 56.5 Å². The zero-order valence-corrected chi connectivity index (χ0v) is 20.1. The number of hydrogen-bond acceptors (Lipinski definition) is 4. The van der Waals surface area contributed by atoms with Gasteiger partial charge in [0.15, 0.2) is 0 Å². The van der Waals surface area contributed by atoms with Crippen molar-refractivity contribution >= 4 is 33.6 Å². The highest BCUT2D eigenvalue weighted by atomic mass is 35.5. The lowest BCUT2D eigenvalue weighted by atomic mass is 9.63. The number of aromatic nitrogens is 2. The predicted octanol–water partition coefficient (Wildman–Crippen LogP) is 7.63. The number of halogens is 2. The summed E-state index contributed by atoms with van der Waals surface area (Å²) in [5.74, 6) is 0.934. The number of anilines is 1. The fourth-order valence-electron chi connectivity index (χ4n) is 5.81. The van der Waals surface area contributed by atoms with Crippen molar-refractivity contribution in [3.63, 3.8) is 0 Å². The first-order valence-electron chi connectivity index (χ1n) is 12.4. The van der Waals surface area contributed by atoms with Crippen LogP contribution < -0.4 is 4.90 Å². The van der Waals surface area contributed by atoms with Crippen molar-refractivity contribution in [1.29, 1.82) is 0 Å². The molecule has 0 atom stereocenters. The van der Waals surface area contributed by atoms with E-state index < -0.39 is 0 Å². The van der Waals surface area contributed by atoms with Crippen LogP contribution in [-0.2, 0) is 0 Å². The van der Waals surface area contributed by atoms with E-state index in [1.165, 1.54) is 28.1 Å². The molecular weight excluding hydrogens is 461 g/mol. The minimum absolute atomic E-state index is 0.193. The molecule has 2 aliphatic carbocycles. The molecule has 1 spiro atoms. The van der Waals surface area contributed by atoms with Gasteiger partial charge in [0.25, 0.3) is 0 Å². The summed E-state index contributed by atoms with van der Waals surface area (Å²) in [6.45, 7) is 2.03. The summed E-state index contributed by atoms with van der Waals surface area (Å²) in [5.41, 5.74) is 4.57. The third-order valence-corrected chi connectivity index (χ3v) is 8.27. The van der Waals surface area contributed by atoms with E-state index in [4.69, 9.17) is 16.1 Å². The molecule has 176 valence electrons. The molecule has 2 fully saturated rings. The largest absolute Gasteiger partial charge is 0.371 e. The lowest BCUT2D eigenvalue weighted by Crippen LogP contribution is -2.42. The number of piperidine rings is 1. The maximum atomic E-state index is 14.8. The Morgan fingerprint density at radius 3 is 2.63 bits per heavy atom. The van der Waals surface area contributed by atoms with Gasteiger partial charge in [-0.05, 0) is 78.8 Å². The van der Waals surface area contributed by atoms with Crippen LogP contribution in [0.1, 0.15) is 49.3 Å². The molecule has 3 aliphatic rings. The monoisotopic (exact) mass is 485 g/mol. The van der Waals surface area contributed by atoms with Crippen LogP contribution in [0.5, 0.6) is 0 Å². The second-order valence-electron chi connectivity index (χ2n) is 10.2. The molecule has 4 nitrogen and oxygen atoms in total. The van der Waals surface area contributed by atoms with Gasteiger partial charge < -0.3 is 9.42 Å². The first-order valence-corrected chi connectivity index (χ1v) is 12.7. The molecule has 0 amide bonds. The number of pyridine rings is 1. The number of rotatable bonds is 4.